The molecule has 2 nitrogen and oxygen atoms in total. The van der Waals surface area contributed by atoms with E-state index in [0.29, 0.717) is 6.54 Å². The van der Waals surface area contributed by atoms with Crippen LogP contribution in [0.5, 0.6) is 0 Å². The van der Waals surface area contributed by atoms with Gasteiger partial charge in [0.2, 0.25) is 0 Å². The molecule has 1 heterocycles. The fourth-order valence-electron chi connectivity index (χ4n) is 2.79. The van der Waals surface area contributed by atoms with Crippen molar-refractivity contribution in [1.29, 1.82) is 0 Å². The fourth-order valence-corrected chi connectivity index (χ4v) is 2.79. The quantitative estimate of drug-likeness (QED) is 0.773. The third-order valence-electron chi connectivity index (χ3n) is 4.20. The zero-order valence-corrected chi connectivity index (χ0v) is 12.8. The molecule has 2 heteroatoms. The maximum atomic E-state index is 5.67. The van der Waals surface area contributed by atoms with Gasteiger partial charge in [-0.25, -0.2) is 0 Å². The summed E-state index contributed by atoms with van der Waals surface area (Å²) < 4.78 is 2.32. The van der Waals surface area contributed by atoms with Gasteiger partial charge in [0.05, 0.1) is 0 Å². The molecule has 2 N–H and O–H groups in total. The standard InChI is InChI=1S/C19H22N2/c1-14-3-4-17(11-15(14)2)13-21-10-8-18-6-5-16(7-9-20)12-19(18)21/h3-6,8,10-12H,7,9,13,20H2,1-2H3. The van der Waals surface area contributed by atoms with E-state index in [1.807, 2.05) is 0 Å². The molecule has 0 aliphatic rings. The summed E-state index contributed by atoms with van der Waals surface area (Å²) in [4.78, 5) is 0. The molecule has 108 valence electrons. The van der Waals surface area contributed by atoms with E-state index in [1.54, 1.807) is 0 Å². The number of fused-ring (bicyclic) bond motifs is 1. The van der Waals surface area contributed by atoms with Crippen LogP contribution in [-0.4, -0.2) is 11.1 Å². The van der Waals surface area contributed by atoms with Crippen molar-refractivity contribution in [2.45, 2.75) is 26.8 Å². The first kappa shape index (κ1) is 13.9. The molecule has 0 saturated carbocycles. The second-order valence-electron chi connectivity index (χ2n) is 5.79. The van der Waals surface area contributed by atoms with Crippen LogP contribution in [0.1, 0.15) is 22.3 Å². The number of nitrogens with two attached hydrogens (primary N) is 1. The van der Waals surface area contributed by atoms with E-state index in [0.717, 1.165) is 13.0 Å². The predicted octanol–water partition coefficient (Wildman–Crippen LogP) is 3.81. The lowest BCUT2D eigenvalue weighted by Gasteiger charge is -2.09. The molecular formula is C19H22N2. The van der Waals surface area contributed by atoms with E-state index < -0.39 is 0 Å². The van der Waals surface area contributed by atoms with Crippen LogP contribution in [0, 0.1) is 13.8 Å². The van der Waals surface area contributed by atoms with E-state index in [9.17, 15) is 0 Å². The molecule has 0 bridgehead atoms. The number of nitrogens with zero attached hydrogens (tertiary/aromatic N) is 1. The van der Waals surface area contributed by atoms with Crippen LogP contribution in [0.2, 0.25) is 0 Å². The molecule has 3 rings (SSSR count). The van der Waals surface area contributed by atoms with Gasteiger partial charge in [0.1, 0.15) is 0 Å². The molecule has 3 aromatic rings. The first-order valence-electron chi connectivity index (χ1n) is 7.51. The van der Waals surface area contributed by atoms with E-state index in [4.69, 9.17) is 5.73 Å². The van der Waals surface area contributed by atoms with Crippen molar-refractivity contribution >= 4 is 10.9 Å². The Balaban J connectivity index is 1.95. The Morgan fingerprint density at radius 1 is 0.905 bits per heavy atom. The number of benzene rings is 2. The average molecular weight is 278 g/mol. The van der Waals surface area contributed by atoms with Gasteiger partial charge in [0.25, 0.3) is 0 Å². The monoisotopic (exact) mass is 278 g/mol. The summed E-state index contributed by atoms with van der Waals surface area (Å²) in [6.07, 6.45) is 3.11. The molecule has 0 aliphatic carbocycles. The molecule has 0 aliphatic heterocycles. The lowest BCUT2D eigenvalue weighted by molar-refractivity contribution is 0.834. The molecule has 0 unspecified atom stereocenters. The van der Waals surface area contributed by atoms with Crippen molar-refractivity contribution in [1.82, 2.24) is 4.57 Å². The minimum absolute atomic E-state index is 0.698. The second kappa shape index (κ2) is 5.74. The first-order valence-corrected chi connectivity index (χ1v) is 7.51. The van der Waals surface area contributed by atoms with Crippen molar-refractivity contribution in [2.24, 2.45) is 5.73 Å². The highest BCUT2D eigenvalue weighted by Crippen LogP contribution is 2.20. The Morgan fingerprint density at radius 3 is 2.48 bits per heavy atom. The molecule has 0 amide bonds. The Hall–Kier alpha value is -2.06. The van der Waals surface area contributed by atoms with Crippen molar-refractivity contribution < 1.29 is 0 Å². The molecule has 0 fully saturated rings. The van der Waals surface area contributed by atoms with E-state index in [1.165, 1.54) is 33.2 Å². The Kier molecular flexibility index (Phi) is 3.80. The third-order valence-corrected chi connectivity index (χ3v) is 4.20. The van der Waals surface area contributed by atoms with Gasteiger partial charge >= 0.3 is 0 Å². The summed E-state index contributed by atoms with van der Waals surface area (Å²) in [5.41, 5.74) is 12.3. The Morgan fingerprint density at radius 2 is 1.71 bits per heavy atom. The highest BCUT2D eigenvalue weighted by atomic mass is 14.9. The molecule has 0 radical (unpaired) electrons. The topological polar surface area (TPSA) is 30.9 Å². The number of rotatable bonds is 4. The van der Waals surface area contributed by atoms with Gasteiger partial charge in [-0.3, -0.25) is 0 Å². The van der Waals surface area contributed by atoms with Gasteiger partial charge in [-0.15, -0.1) is 0 Å². The smallest absolute Gasteiger partial charge is 0.0486 e. The maximum Gasteiger partial charge on any atom is 0.0486 e. The van der Waals surface area contributed by atoms with Crippen LogP contribution in [0.3, 0.4) is 0 Å². The predicted molar refractivity (Wildman–Crippen MR) is 89.7 cm³/mol. The van der Waals surface area contributed by atoms with E-state index in [-0.39, 0.29) is 0 Å². The first-order chi connectivity index (χ1) is 10.2. The molecule has 2 aromatic carbocycles. The number of hydrogen-bond donors (Lipinski definition) is 1. The largest absolute Gasteiger partial charge is 0.343 e. The van der Waals surface area contributed by atoms with Gasteiger partial charge in [-0.1, -0.05) is 30.3 Å². The lowest BCUT2D eigenvalue weighted by atomic mass is 10.1. The summed E-state index contributed by atoms with van der Waals surface area (Å²) >= 11 is 0. The van der Waals surface area contributed by atoms with Crippen LogP contribution in [0.4, 0.5) is 0 Å². The van der Waals surface area contributed by atoms with Gasteiger partial charge < -0.3 is 10.3 Å². The minimum atomic E-state index is 0.698. The molecule has 0 atom stereocenters. The number of hydrogen-bond acceptors (Lipinski definition) is 1. The molecule has 1 aromatic heterocycles. The maximum absolute atomic E-state index is 5.67. The zero-order chi connectivity index (χ0) is 14.8. The van der Waals surface area contributed by atoms with E-state index in [2.05, 4.69) is 67.1 Å². The Labute approximate surface area is 126 Å². The van der Waals surface area contributed by atoms with Crippen LogP contribution < -0.4 is 5.73 Å². The molecule has 0 saturated heterocycles. The van der Waals surface area contributed by atoms with Crippen LogP contribution in [-0.2, 0) is 13.0 Å². The van der Waals surface area contributed by atoms with Crippen LogP contribution >= 0.6 is 0 Å². The summed E-state index contributed by atoms with van der Waals surface area (Å²) in [6.45, 7) is 5.94. The summed E-state index contributed by atoms with van der Waals surface area (Å²) in [6, 6.07) is 15.5. The highest BCUT2D eigenvalue weighted by molar-refractivity contribution is 5.81. The lowest BCUT2D eigenvalue weighted by Crippen LogP contribution is -2.03. The summed E-state index contributed by atoms with van der Waals surface area (Å²) in [5.74, 6) is 0. The highest BCUT2D eigenvalue weighted by Gasteiger charge is 2.04. The zero-order valence-electron chi connectivity index (χ0n) is 12.8. The normalized spacial score (nSPS) is 11.2. The van der Waals surface area contributed by atoms with Gasteiger partial charge in [0.15, 0.2) is 0 Å². The van der Waals surface area contributed by atoms with Crippen LogP contribution in [0.15, 0.2) is 48.7 Å². The van der Waals surface area contributed by atoms with Gasteiger partial charge in [-0.2, -0.15) is 0 Å². The molecule has 21 heavy (non-hydrogen) atoms. The van der Waals surface area contributed by atoms with Crippen molar-refractivity contribution in [3.63, 3.8) is 0 Å². The Bertz CT molecular complexity index is 768. The van der Waals surface area contributed by atoms with Crippen LogP contribution in [0.25, 0.3) is 10.9 Å². The van der Waals surface area contributed by atoms with Gasteiger partial charge in [0, 0.05) is 18.3 Å². The average Bonchev–Trinajstić information content (AvgIpc) is 2.86. The molecule has 0 spiro atoms. The van der Waals surface area contributed by atoms with Crippen molar-refractivity contribution in [3.05, 3.63) is 70.9 Å². The number of aromatic nitrogens is 1. The van der Waals surface area contributed by atoms with Crippen molar-refractivity contribution in [3.8, 4) is 0 Å². The molecular weight excluding hydrogens is 256 g/mol. The van der Waals surface area contributed by atoms with Gasteiger partial charge in [-0.05, 0) is 66.6 Å². The third kappa shape index (κ3) is 2.86. The second-order valence-corrected chi connectivity index (χ2v) is 5.79. The van der Waals surface area contributed by atoms with E-state index >= 15 is 0 Å². The minimum Gasteiger partial charge on any atom is -0.343 e. The summed E-state index contributed by atoms with van der Waals surface area (Å²) in [7, 11) is 0. The van der Waals surface area contributed by atoms with Crippen molar-refractivity contribution in [2.75, 3.05) is 6.54 Å². The fraction of sp³-hybridized carbons (Fsp3) is 0.263. The number of aryl methyl sites for hydroxylation is 2. The SMILES string of the molecule is Cc1ccc(Cn2ccc3ccc(CCN)cc32)cc1C. The summed E-state index contributed by atoms with van der Waals surface area (Å²) in [5, 5.41) is 1.29.